The topological polar surface area (TPSA) is 27.1 Å². The van der Waals surface area contributed by atoms with Gasteiger partial charge in [-0.1, -0.05) is 31.5 Å². The van der Waals surface area contributed by atoms with Crippen LogP contribution in [-0.4, -0.2) is 16.7 Å². The highest BCUT2D eigenvalue weighted by Gasteiger charge is 2.18. The summed E-state index contributed by atoms with van der Waals surface area (Å²) in [6.45, 7) is 2.21. The van der Waals surface area contributed by atoms with Gasteiger partial charge in [-0.15, -0.1) is 0 Å². The van der Waals surface area contributed by atoms with E-state index in [0.29, 0.717) is 0 Å². The van der Waals surface area contributed by atoms with Crippen molar-refractivity contribution in [1.29, 1.82) is 0 Å². The van der Waals surface area contributed by atoms with Crippen LogP contribution in [0, 0.1) is 0 Å². The highest BCUT2D eigenvalue weighted by atomic mass is 16.5. The first kappa shape index (κ1) is 13.7. The van der Waals surface area contributed by atoms with Crippen molar-refractivity contribution in [3.8, 4) is 5.75 Å². The lowest BCUT2D eigenvalue weighted by Gasteiger charge is -2.22. The summed E-state index contributed by atoms with van der Waals surface area (Å²) in [5.41, 5.74) is 2.45. The van der Waals surface area contributed by atoms with Crippen molar-refractivity contribution in [2.45, 2.75) is 25.8 Å². The van der Waals surface area contributed by atoms with Crippen LogP contribution >= 0.6 is 0 Å². The zero-order chi connectivity index (χ0) is 14.7. The van der Waals surface area contributed by atoms with Gasteiger partial charge in [-0.2, -0.15) is 0 Å². The van der Waals surface area contributed by atoms with E-state index in [0.717, 1.165) is 18.6 Å². The Hall–Kier alpha value is -2.29. The molecule has 0 spiro atoms. The monoisotopic (exact) mass is 280 g/mol. The van der Waals surface area contributed by atoms with Gasteiger partial charge in [0.25, 0.3) is 0 Å². The van der Waals surface area contributed by atoms with E-state index in [1.807, 2.05) is 6.20 Å². The fraction of sp³-hybridized carbons (Fsp3) is 0.278. The van der Waals surface area contributed by atoms with Gasteiger partial charge in [0.15, 0.2) is 0 Å². The fourth-order valence-corrected chi connectivity index (χ4v) is 2.93. The van der Waals surface area contributed by atoms with Crippen LogP contribution in [0.5, 0.6) is 5.75 Å². The quantitative estimate of drug-likeness (QED) is 0.691. The first-order chi connectivity index (χ1) is 10.3. The molecule has 1 atom stereocenters. The molecule has 108 valence electrons. The summed E-state index contributed by atoms with van der Waals surface area (Å²) in [5, 5.41) is 1.27. The molecule has 0 amide bonds. The predicted molar refractivity (Wildman–Crippen MR) is 85.8 cm³/mol. The minimum absolute atomic E-state index is 0.271. The van der Waals surface area contributed by atoms with E-state index in [2.05, 4.69) is 59.1 Å². The molecule has 3 nitrogen and oxygen atoms in total. The van der Waals surface area contributed by atoms with Crippen LogP contribution in [0.15, 0.2) is 55.0 Å². The Labute approximate surface area is 125 Å². The Morgan fingerprint density at radius 3 is 2.86 bits per heavy atom. The smallest absolute Gasteiger partial charge is 0.142 e. The van der Waals surface area contributed by atoms with E-state index in [-0.39, 0.29) is 6.04 Å². The maximum absolute atomic E-state index is 5.51. The summed E-state index contributed by atoms with van der Waals surface area (Å²) in [7, 11) is 1.71. The van der Waals surface area contributed by atoms with E-state index in [1.54, 1.807) is 13.3 Å². The van der Waals surface area contributed by atoms with Gasteiger partial charge in [-0.3, -0.25) is 4.98 Å². The van der Waals surface area contributed by atoms with Gasteiger partial charge >= 0.3 is 0 Å². The molecule has 21 heavy (non-hydrogen) atoms. The number of methoxy groups -OCH3 is 1. The van der Waals surface area contributed by atoms with Crippen molar-refractivity contribution < 1.29 is 4.74 Å². The van der Waals surface area contributed by atoms with E-state index in [1.165, 1.54) is 16.5 Å². The average Bonchev–Trinajstić information content (AvgIpc) is 2.96. The number of rotatable bonds is 5. The number of nitrogens with zero attached hydrogens (tertiary/aromatic N) is 2. The Morgan fingerprint density at radius 2 is 2.05 bits per heavy atom. The summed E-state index contributed by atoms with van der Waals surface area (Å²) in [6, 6.07) is 13.0. The molecule has 1 unspecified atom stereocenters. The molecule has 3 aromatic rings. The lowest BCUT2D eigenvalue weighted by Crippen LogP contribution is -2.11. The maximum atomic E-state index is 5.51. The lowest BCUT2D eigenvalue weighted by molar-refractivity contribution is 0.397. The van der Waals surface area contributed by atoms with Crippen LogP contribution in [0.4, 0.5) is 0 Å². The summed E-state index contributed by atoms with van der Waals surface area (Å²) < 4.78 is 7.85. The molecule has 0 saturated heterocycles. The molecule has 2 heterocycles. The van der Waals surface area contributed by atoms with Crippen molar-refractivity contribution in [2.75, 3.05) is 7.11 Å². The van der Waals surface area contributed by atoms with Crippen LogP contribution in [0.25, 0.3) is 10.9 Å². The molecule has 0 radical (unpaired) electrons. The number of hydrogen-bond acceptors (Lipinski definition) is 2. The van der Waals surface area contributed by atoms with Crippen molar-refractivity contribution in [3.05, 3.63) is 60.6 Å². The first-order valence-corrected chi connectivity index (χ1v) is 7.38. The Balaban J connectivity index is 2.13. The van der Waals surface area contributed by atoms with Crippen molar-refractivity contribution in [2.24, 2.45) is 0 Å². The summed E-state index contributed by atoms with van der Waals surface area (Å²) in [5.74, 6) is 0.855. The molecule has 0 bridgehead atoms. The number of ether oxygens (including phenoxy) is 1. The molecule has 0 aliphatic carbocycles. The predicted octanol–water partition coefficient (Wildman–Crippen LogP) is 4.43. The number of pyridine rings is 1. The number of para-hydroxylation sites is 1. The Bertz CT molecular complexity index is 733. The molecular weight excluding hydrogens is 260 g/mol. The van der Waals surface area contributed by atoms with Crippen LogP contribution in [0.1, 0.15) is 31.4 Å². The second-order valence-corrected chi connectivity index (χ2v) is 5.20. The SMILES string of the molecule is CCCC(c1ccncc1OC)n1ccc2ccccc21. The van der Waals surface area contributed by atoms with Crippen LogP contribution in [0.3, 0.4) is 0 Å². The third kappa shape index (κ3) is 2.51. The molecule has 3 heteroatoms. The third-order valence-electron chi connectivity index (χ3n) is 3.92. The van der Waals surface area contributed by atoms with Gasteiger partial charge in [-0.25, -0.2) is 0 Å². The summed E-state index contributed by atoms with van der Waals surface area (Å²) in [4.78, 5) is 4.17. The molecule has 0 aliphatic rings. The molecule has 3 rings (SSSR count). The highest BCUT2D eigenvalue weighted by molar-refractivity contribution is 5.80. The molecule has 1 aromatic carbocycles. The number of fused-ring (bicyclic) bond motifs is 1. The zero-order valence-corrected chi connectivity index (χ0v) is 12.5. The average molecular weight is 280 g/mol. The molecule has 2 aromatic heterocycles. The normalized spacial score (nSPS) is 12.5. The molecule has 0 fully saturated rings. The lowest BCUT2D eigenvalue weighted by atomic mass is 10.0. The maximum Gasteiger partial charge on any atom is 0.142 e. The summed E-state index contributed by atoms with van der Waals surface area (Å²) in [6.07, 6.45) is 7.99. The van der Waals surface area contributed by atoms with Gasteiger partial charge in [-0.05, 0) is 30.0 Å². The second-order valence-electron chi connectivity index (χ2n) is 5.20. The van der Waals surface area contributed by atoms with Crippen molar-refractivity contribution in [3.63, 3.8) is 0 Å². The van der Waals surface area contributed by atoms with Gasteiger partial charge in [0.2, 0.25) is 0 Å². The molecular formula is C18H20N2O. The minimum atomic E-state index is 0.271. The molecule has 0 N–H and O–H groups in total. The van der Waals surface area contributed by atoms with E-state index in [9.17, 15) is 0 Å². The Morgan fingerprint density at radius 1 is 1.19 bits per heavy atom. The first-order valence-electron chi connectivity index (χ1n) is 7.38. The van der Waals surface area contributed by atoms with Gasteiger partial charge in [0, 0.05) is 23.5 Å². The van der Waals surface area contributed by atoms with E-state index < -0.39 is 0 Å². The van der Waals surface area contributed by atoms with E-state index in [4.69, 9.17) is 4.74 Å². The fourth-order valence-electron chi connectivity index (χ4n) is 2.93. The number of benzene rings is 1. The Kier molecular flexibility index (Phi) is 3.91. The molecule has 0 aliphatic heterocycles. The third-order valence-corrected chi connectivity index (χ3v) is 3.92. The second kappa shape index (κ2) is 6.00. The van der Waals surface area contributed by atoms with Crippen molar-refractivity contribution >= 4 is 10.9 Å². The standard InChI is InChI=1S/C18H20N2O/c1-3-6-17(15-9-11-19-13-18(15)21-2)20-12-10-14-7-4-5-8-16(14)20/h4-5,7-13,17H,3,6H2,1-2H3. The van der Waals surface area contributed by atoms with Gasteiger partial charge < -0.3 is 9.30 Å². The molecule has 0 saturated carbocycles. The zero-order valence-electron chi connectivity index (χ0n) is 12.5. The number of aromatic nitrogens is 2. The van der Waals surface area contributed by atoms with Crippen LogP contribution in [-0.2, 0) is 0 Å². The van der Waals surface area contributed by atoms with Crippen molar-refractivity contribution in [1.82, 2.24) is 9.55 Å². The summed E-state index contributed by atoms with van der Waals surface area (Å²) >= 11 is 0. The van der Waals surface area contributed by atoms with Crippen LogP contribution < -0.4 is 4.74 Å². The van der Waals surface area contributed by atoms with Gasteiger partial charge in [0.05, 0.1) is 19.3 Å². The van der Waals surface area contributed by atoms with E-state index >= 15 is 0 Å². The van der Waals surface area contributed by atoms with Crippen LogP contribution in [0.2, 0.25) is 0 Å². The largest absolute Gasteiger partial charge is 0.495 e. The number of hydrogen-bond donors (Lipinski definition) is 0. The minimum Gasteiger partial charge on any atom is -0.495 e. The highest BCUT2D eigenvalue weighted by Crippen LogP contribution is 2.33. The van der Waals surface area contributed by atoms with Gasteiger partial charge in [0.1, 0.15) is 5.75 Å².